The van der Waals surface area contributed by atoms with Crippen molar-refractivity contribution in [3.8, 4) is 0 Å². The minimum atomic E-state index is -0.913. The van der Waals surface area contributed by atoms with Gasteiger partial charge in [-0.3, -0.25) is 19.7 Å². The molecule has 0 spiro atoms. The zero-order chi connectivity index (χ0) is 19.9. The monoisotopic (exact) mass is 388 g/mol. The average molecular weight is 389 g/mol. The molecule has 0 aromatic rings. The summed E-state index contributed by atoms with van der Waals surface area (Å²) in [6.07, 6.45) is 1.35. The highest BCUT2D eigenvalue weighted by Crippen LogP contribution is 2.27. The molecule has 7 nitrogen and oxygen atoms in total. The van der Waals surface area contributed by atoms with Crippen LogP contribution in [0.5, 0.6) is 0 Å². The number of ether oxygens (including phenoxy) is 1. The van der Waals surface area contributed by atoms with Gasteiger partial charge in [-0.1, -0.05) is 34.1 Å². The van der Waals surface area contributed by atoms with Crippen molar-refractivity contribution >= 4 is 29.6 Å². The van der Waals surface area contributed by atoms with Crippen molar-refractivity contribution in [3.05, 3.63) is 0 Å². The Balaban J connectivity index is 2.77. The normalized spacial score (nSPS) is 23.3. The third-order valence-corrected chi connectivity index (χ3v) is 5.95. The number of carbonyl (C=O) groups excluding carboxylic acids is 2. The maximum Gasteiger partial charge on any atom is 0.321 e. The van der Waals surface area contributed by atoms with E-state index in [9.17, 15) is 14.4 Å². The summed E-state index contributed by atoms with van der Waals surface area (Å²) in [5.41, 5.74) is 0. The van der Waals surface area contributed by atoms with Crippen LogP contribution in [0.1, 0.15) is 53.9 Å². The molecule has 0 saturated carbocycles. The molecule has 1 aliphatic rings. The van der Waals surface area contributed by atoms with Crippen LogP contribution in [-0.2, 0) is 19.1 Å². The number of hydrogen-bond donors (Lipinski definition) is 3. The van der Waals surface area contributed by atoms with Crippen LogP contribution in [0.15, 0.2) is 0 Å². The van der Waals surface area contributed by atoms with Crippen molar-refractivity contribution in [1.29, 1.82) is 0 Å². The van der Waals surface area contributed by atoms with E-state index in [2.05, 4.69) is 17.6 Å². The van der Waals surface area contributed by atoms with Gasteiger partial charge in [0.25, 0.3) is 0 Å². The van der Waals surface area contributed by atoms with Gasteiger partial charge in [0.15, 0.2) is 0 Å². The molecule has 0 aliphatic carbocycles. The van der Waals surface area contributed by atoms with E-state index in [0.29, 0.717) is 24.5 Å². The number of hydrogen-bond acceptors (Lipinski definition) is 6. The van der Waals surface area contributed by atoms with E-state index in [-0.39, 0.29) is 23.2 Å². The molecule has 3 N–H and O–H groups in total. The van der Waals surface area contributed by atoms with E-state index >= 15 is 0 Å². The topological polar surface area (TPSA) is 105 Å². The summed E-state index contributed by atoms with van der Waals surface area (Å²) in [6.45, 7) is 9.45. The summed E-state index contributed by atoms with van der Waals surface area (Å²) in [5.74, 6) is -0.431. The van der Waals surface area contributed by atoms with Crippen LogP contribution in [0.2, 0.25) is 0 Å². The maximum atomic E-state index is 12.3. The number of rotatable bonds is 10. The first-order valence-corrected chi connectivity index (χ1v) is 10.3. The van der Waals surface area contributed by atoms with Crippen molar-refractivity contribution in [3.63, 3.8) is 0 Å². The molecule has 0 radical (unpaired) electrons. The average Bonchev–Trinajstić information content (AvgIpc) is 3.02. The van der Waals surface area contributed by atoms with Gasteiger partial charge in [0.1, 0.15) is 12.1 Å². The first kappa shape index (κ1) is 22.8. The second kappa shape index (κ2) is 10.8. The fourth-order valence-corrected chi connectivity index (χ4v) is 4.05. The van der Waals surface area contributed by atoms with Crippen molar-refractivity contribution in [2.75, 3.05) is 5.75 Å². The first-order valence-electron chi connectivity index (χ1n) is 9.21. The summed E-state index contributed by atoms with van der Waals surface area (Å²) < 4.78 is 5.46. The Bertz CT molecular complexity index is 500. The Kier molecular flexibility index (Phi) is 9.43. The fraction of sp³-hybridized carbons (Fsp3) is 0.833. The Hall–Kier alpha value is -1.28. The van der Waals surface area contributed by atoms with Gasteiger partial charge in [-0.15, -0.1) is 11.8 Å². The molecule has 1 amide bonds. The minimum Gasteiger partial charge on any atom is -0.480 e. The lowest BCUT2D eigenvalue weighted by Crippen LogP contribution is -2.48. The zero-order valence-corrected chi connectivity index (χ0v) is 17.1. The summed E-state index contributed by atoms with van der Waals surface area (Å²) in [4.78, 5) is 35.0. The van der Waals surface area contributed by atoms with E-state index in [0.717, 1.165) is 6.42 Å². The first-order chi connectivity index (χ1) is 12.1. The number of amides is 1. The lowest BCUT2D eigenvalue weighted by Gasteiger charge is -2.30. The number of aliphatic carboxylic acids is 1. The molecule has 1 rings (SSSR count). The van der Waals surface area contributed by atoms with Crippen LogP contribution in [0, 0.1) is 11.8 Å². The van der Waals surface area contributed by atoms with Crippen molar-refractivity contribution < 1.29 is 24.2 Å². The smallest absolute Gasteiger partial charge is 0.321 e. The molecule has 8 heteroatoms. The van der Waals surface area contributed by atoms with E-state index in [1.54, 1.807) is 0 Å². The highest BCUT2D eigenvalue weighted by Gasteiger charge is 2.37. The van der Waals surface area contributed by atoms with Crippen LogP contribution >= 0.6 is 11.8 Å². The second-order valence-electron chi connectivity index (χ2n) is 7.33. The highest BCUT2D eigenvalue weighted by molar-refractivity contribution is 8.00. The van der Waals surface area contributed by atoms with E-state index in [1.807, 2.05) is 20.8 Å². The molecule has 1 fully saturated rings. The van der Waals surface area contributed by atoms with Crippen LogP contribution in [-0.4, -0.2) is 52.3 Å². The number of nitrogens with one attached hydrogen (secondary N) is 2. The molecule has 1 heterocycles. The van der Waals surface area contributed by atoms with Gasteiger partial charge in [0, 0.05) is 31.6 Å². The Morgan fingerprint density at radius 1 is 1.31 bits per heavy atom. The Morgan fingerprint density at radius 3 is 2.42 bits per heavy atom. The van der Waals surface area contributed by atoms with Crippen molar-refractivity contribution in [1.82, 2.24) is 10.6 Å². The van der Waals surface area contributed by atoms with Crippen LogP contribution < -0.4 is 10.6 Å². The predicted octanol–water partition coefficient (Wildman–Crippen LogP) is 2.00. The molecule has 0 aromatic heterocycles. The number of carboxylic acids is 1. The molecular formula is C18H32N2O5S. The van der Waals surface area contributed by atoms with Crippen LogP contribution in [0.3, 0.4) is 0 Å². The molecule has 2 unspecified atom stereocenters. The van der Waals surface area contributed by atoms with Crippen molar-refractivity contribution in [2.24, 2.45) is 11.8 Å². The Morgan fingerprint density at radius 2 is 1.96 bits per heavy atom. The summed E-state index contributed by atoms with van der Waals surface area (Å²) in [7, 11) is 0. The standard InChI is InChI=1S/C18H32N2O5S/c1-6-11(4)7-16(22)19-13(10(2)3)8-15(25-12(5)21)17-20-14(9-26-17)18(23)24/h10-11,13-15,17,20H,6-9H2,1-5H3,(H,19,22)(H,23,24)/t11-,13+,14?,15+,17?/m0/s1. The minimum absolute atomic E-state index is 0.00456. The third kappa shape index (κ3) is 7.53. The fourth-order valence-electron chi connectivity index (χ4n) is 2.77. The van der Waals surface area contributed by atoms with Crippen LogP contribution in [0.4, 0.5) is 0 Å². The molecular weight excluding hydrogens is 356 g/mol. The van der Waals surface area contributed by atoms with E-state index < -0.39 is 24.1 Å². The van der Waals surface area contributed by atoms with Gasteiger partial charge >= 0.3 is 11.9 Å². The number of thioether (sulfide) groups is 1. The molecule has 1 aliphatic heterocycles. The predicted molar refractivity (Wildman–Crippen MR) is 102 cm³/mol. The summed E-state index contributed by atoms with van der Waals surface area (Å²) >= 11 is 1.43. The number of carboxylic acid groups (broad SMARTS) is 1. The van der Waals surface area contributed by atoms with Crippen molar-refractivity contribution in [2.45, 2.75) is 77.4 Å². The summed E-state index contributed by atoms with van der Waals surface area (Å²) in [5, 5.41) is 14.9. The molecule has 0 bridgehead atoms. The number of carbonyl (C=O) groups is 3. The largest absolute Gasteiger partial charge is 0.480 e. The Labute approximate surface area is 160 Å². The van der Waals surface area contributed by atoms with E-state index in [1.165, 1.54) is 18.7 Å². The quantitative estimate of drug-likeness (QED) is 0.492. The lowest BCUT2D eigenvalue weighted by atomic mass is 9.96. The molecule has 150 valence electrons. The summed E-state index contributed by atoms with van der Waals surface area (Å²) in [6, 6.07) is -0.803. The highest BCUT2D eigenvalue weighted by atomic mass is 32.2. The number of esters is 1. The second-order valence-corrected chi connectivity index (χ2v) is 8.51. The van der Waals surface area contributed by atoms with E-state index in [4.69, 9.17) is 9.84 Å². The third-order valence-electron chi connectivity index (χ3n) is 4.63. The van der Waals surface area contributed by atoms with Gasteiger partial charge < -0.3 is 15.2 Å². The molecule has 0 aromatic carbocycles. The van der Waals surface area contributed by atoms with Gasteiger partial charge in [-0.05, 0) is 11.8 Å². The molecule has 26 heavy (non-hydrogen) atoms. The maximum absolute atomic E-state index is 12.3. The molecule has 5 atom stereocenters. The SMILES string of the molecule is CC[C@H](C)CC(=O)N[C@H](C[C@@H](OC(C)=O)C1NC(C(=O)O)CS1)C(C)C. The van der Waals surface area contributed by atoms with Gasteiger partial charge in [0.05, 0.1) is 5.37 Å². The molecule has 1 saturated heterocycles. The lowest BCUT2D eigenvalue weighted by molar-refractivity contribution is -0.147. The van der Waals surface area contributed by atoms with Gasteiger partial charge in [-0.2, -0.15) is 0 Å². The van der Waals surface area contributed by atoms with Gasteiger partial charge in [-0.25, -0.2) is 0 Å². The van der Waals surface area contributed by atoms with Crippen LogP contribution in [0.25, 0.3) is 0 Å². The van der Waals surface area contributed by atoms with Gasteiger partial charge in [0.2, 0.25) is 5.91 Å². The zero-order valence-electron chi connectivity index (χ0n) is 16.3.